The lowest BCUT2D eigenvalue weighted by Crippen LogP contribution is -1.99. The number of hydrogen-bond donors (Lipinski definition) is 1. The molecule has 10 heteroatoms. The number of aromatic nitrogens is 2. The number of rotatable bonds is 5. The normalized spacial score (nSPS) is 10.9. The van der Waals surface area contributed by atoms with Crippen molar-refractivity contribution in [3.63, 3.8) is 0 Å². The summed E-state index contributed by atoms with van der Waals surface area (Å²) in [7, 11) is 1.80. The fourth-order valence-electron chi connectivity index (χ4n) is 2.02. The summed E-state index contributed by atoms with van der Waals surface area (Å²) in [4.78, 5) is 20.3. The summed E-state index contributed by atoms with van der Waals surface area (Å²) < 4.78 is 1.70. The van der Waals surface area contributed by atoms with Crippen molar-refractivity contribution in [1.82, 2.24) is 9.78 Å². The number of benzene rings is 1. The molecule has 0 fully saturated rings. The van der Waals surface area contributed by atoms with Crippen LogP contribution in [0.25, 0.3) is 0 Å². The van der Waals surface area contributed by atoms with E-state index in [0.29, 0.717) is 0 Å². The van der Waals surface area contributed by atoms with Gasteiger partial charge in [0.25, 0.3) is 5.69 Å². The molecule has 0 atom stereocenters. The number of hydrogen-bond acceptors (Lipinski definition) is 7. The molecule has 1 heterocycles. The lowest BCUT2D eigenvalue weighted by atomic mass is 10.2. The van der Waals surface area contributed by atoms with Crippen LogP contribution in [-0.4, -0.2) is 25.8 Å². The van der Waals surface area contributed by atoms with Crippen LogP contribution >= 0.6 is 0 Å². The predicted octanol–water partition coefficient (Wildman–Crippen LogP) is 2.30. The van der Waals surface area contributed by atoms with Crippen molar-refractivity contribution in [2.24, 2.45) is 12.1 Å². The van der Waals surface area contributed by atoms with E-state index in [-0.39, 0.29) is 11.4 Å². The number of nitro benzene ring substituents is 2. The minimum atomic E-state index is -0.703. The Kier molecular flexibility index (Phi) is 4.35. The first-order chi connectivity index (χ1) is 10.8. The molecule has 0 radical (unpaired) electrons. The zero-order chi connectivity index (χ0) is 17.1. The van der Waals surface area contributed by atoms with Gasteiger partial charge >= 0.3 is 5.69 Å². The minimum Gasteiger partial charge on any atom is -0.272 e. The monoisotopic (exact) mass is 318 g/mol. The van der Waals surface area contributed by atoms with Crippen LogP contribution < -0.4 is 5.43 Å². The topological polar surface area (TPSA) is 128 Å². The molecule has 1 aromatic carbocycles. The summed E-state index contributed by atoms with van der Waals surface area (Å²) in [6.45, 7) is 3.69. The minimum absolute atomic E-state index is 0.0658. The van der Waals surface area contributed by atoms with E-state index < -0.39 is 15.5 Å². The van der Waals surface area contributed by atoms with Crippen LogP contribution in [0.5, 0.6) is 0 Å². The third-order valence-electron chi connectivity index (χ3n) is 3.33. The van der Waals surface area contributed by atoms with Crippen LogP contribution in [0, 0.1) is 34.1 Å². The standard InChI is InChI=1S/C13H14N6O4/c1-8-11(9(2)17(3)16-8)7-14-15-12-5-4-10(18(20)21)6-13(12)19(22)23/h4-7,15H,1-3H3/b14-7-. The van der Waals surface area contributed by atoms with Gasteiger partial charge in [-0.15, -0.1) is 0 Å². The van der Waals surface area contributed by atoms with Gasteiger partial charge in [0.2, 0.25) is 0 Å². The van der Waals surface area contributed by atoms with Crippen LogP contribution in [-0.2, 0) is 7.05 Å². The quantitative estimate of drug-likeness (QED) is 0.511. The van der Waals surface area contributed by atoms with E-state index in [1.54, 1.807) is 11.7 Å². The Bertz CT molecular complexity index is 811. The highest BCUT2D eigenvalue weighted by molar-refractivity contribution is 5.83. The molecule has 0 aliphatic rings. The van der Waals surface area contributed by atoms with E-state index in [0.717, 1.165) is 23.0 Å². The molecule has 0 saturated heterocycles. The molecule has 0 amide bonds. The molecule has 0 unspecified atom stereocenters. The molecule has 0 bridgehead atoms. The molecule has 0 spiro atoms. The molecule has 120 valence electrons. The van der Waals surface area contributed by atoms with Gasteiger partial charge in [-0.05, 0) is 19.9 Å². The first-order valence-corrected chi connectivity index (χ1v) is 6.53. The first-order valence-electron chi connectivity index (χ1n) is 6.53. The summed E-state index contributed by atoms with van der Waals surface area (Å²) in [5, 5.41) is 29.9. The zero-order valence-corrected chi connectivity index (χ0v) is 12.7. The molecule has 0 aliphatic heterocycles. The third-order valence-corrected chi connectivity index (χ3v) is 3.33. The van der Waals surface area contributed by atoms with Crippen molar-refractivity contribution in [2.45, 2.75) is 13.8 Å². The number of anilines is 1. The lowest BCUT2D eigenvalue weighted by Gasteiger charge is -2.02. The summed E-state index contributed by atoms with van der Waals surface area (Å²) in [6.07, 6.45) is 1.50. The molecule has 0 aliphatic carbocycles. The fraction of sp³-hybridized carbons (Fsp3) is 0.231. The molecule has 1 N–H and O–H groups in total. The molecular formula is C13H14N6O4. The SMILES string of the molecule is Cc1nn(C)c(C)c1/C=N\Nc1ccc([N+](=O)[O-])cc1[N+](=O)[O-]. The maximum absolute atomic E-state index is 11.0. The van der Waals surface area contributed by atoms with Crippen molar-refractivity contribution in [3.05, 3.63) is 55.4 Å². The van der Waals surface area contributed by atoms with E-state index in [1.165, 1.54) is 18.3 Å². The molecule has 23 heavy (non-hydrogen) atoms. The number of non-ortho nitro benzene ring substituents is 1. The molecule has 2 aromatic rings. The van der Waals surface area contributed by atoms with Gasteiger partial charge in [0, 0.05) is 24.4 Å². The van der Waals surface area contributed by atoms with Gasteiger partial charge < -0.3 is 0 Å². The smallest absolute Gasteiger partial charge is 0.272 e. The maximum atomic E-state index is 11.0. The van der Waals surface area contributed by atoms with Crippen molar-refractivity contribution < 1.29 is 9.85 Å². The zero-order valence-electron chi connectivity index (χ0n) is 12.7. The van der Waals surface area contributed by atoms with Gasteiger partial charge in [-0.25, -0.2) is 0 Å². The summed E-state index contributed by atoms with van der Waals surface area (Å²) in [6, 6.07) is 3.31. The maximum Gasteiger partial charge on any atom is 0.301 e. The van der Waals surface area contributed by atoms with Crippen molar-refractivity contribution >= 4 is 23.3 Å². The van der Waals surface area contributed by atoms with Gasteiger partial charge in [0.05, 0.1) is 27.8 Å². The number of hydrazone groups is 1. The Morgan fingerprint density at radius 3 is 2.48 bits per heavy atom. The molecule has 1 aromatic heterocycles. The van der Waals surface area contributed by atoms with Crippen LogP contribution in [0.3, 0.4) is 0 Å². The van der Waals surface area contributed by atoms with Gasteiger partial charge in [0.15, 0.2) is 0 Å². The van der Waals surface area contributed by atoms with Crippen molar-refractivity contribution in [1.29, 1.82) is 0 Å². The summed E-state index contributed by atoms with van der Waals surface area (Å²) in [5.41, 5.74) is 4.29. The Hall–Kier alpha value is -3.30. The van der Waals surface area contributed by atoms with E-state index in [1.807, 2.05) is 13.8 Å². The first kappa shape index (κ1) is 16.1. The van der Waals surface area contributed by atoms with Crippen molar-refractivity contribution in [3.8, 4) is 0 Å². The van der Waals surface area contributed by atoms with Gasteiger partial charge in [-0.2, -0.15) is 10.2 Å². The average molecular weight is 318 g/mol. The van der Waals surface area contributed by atoms with E-state index in [9.17, 15) is 20.2 Å². The molecule has 10 nitrogen and oxygen atoms in total. The van der Waals surface area contributed by atoms with Gasteiger partial charge in [-0.3, -0.25) is 30.3 Å². The Labute approximate surface area is 130 Å². The second-order valence-electron chi connectivity index (χ2n) is 4.79. The van der Waals surface area contributed by atoms with Crippen LogP contribution in [0.1, 0.15) is 17.0 Å². The largest absolute Gasteiger partial charge is 0.301 e. The fourth-order valence-corrected chi connectivity index (χ4v) is 2.02. The number of nitro groups is 2. The Morgan fingerprint density at radius 1 is 1.26 bits per heavy atom. The van der Waals surface area contributed by atoms with Crippen molar-refractivity contribution in [2.75, 3.05) is 5.43 Å². The van der Waals surface area contributed by atoms with Crippen LogP contribution in [0.2, 0.25) is 0 Å². The highest BCUT2D eigenvalue weighted by Crippen LogP contribution is 2.28. The highest BCUT2D eigenvalue weighted by Gasteiger charge is 2.19. The van der Waals surface area contributed by atoms with Gasteiger partial charge in [0.1, 0.15) is 5.69 Å². The lowest BCUT2D eigenvalue weighted by molar-refractivity contribution is -0.393. The predicted molar refractivity (Wildman–Crippen MR) is 83.6 cm³/mol. The van der Waals surface area contributed by atoms with Gasteiger partial charge in [-0.1, -0.05) is 0 Å². The Balaban J connectivity index is 2.28. The second kappa shape index (κ2) is 6.22. The third kappa shape index (κ3) is 3.31. The average Bonchev–Trinajstić information content (AvgIpc) is 2.73. The molecule has 2 rings (SSSR count). The van der Waals surface area contributed by atoms with E-state index in [2.05, 4.69) is 15.6 Å². The summed E-state index contributed by atoms with van der Waals surface area (Å²) in [5.74, 6) is 0. The van der Waals surface area contributed by atoms with Crippen LogP contribution in [0.15, 0.2) is 23.3 Å². The van der Waals surface area contributed by atoms with Crippen LogP contribution in [0.4, 0.5) is 17.1 Å². The number of aryl methyl sites for hydroxylation is 2. The number of nitrogens with one attached hydrogen (secondary N) is 1. The number of nitrogens with zero attached hydrogens (tertiary/aromatic N) is 5. The van der Waals surface area contributed by atoms with E-state index >= 15 is 0 Å². The highest BCUT2D eigenvalue weighted by atomic mass is 16.6. The molecule has 0 saturated carbocycles. The molecular weight excluding hydrogens is 304 g/mol. The Morgan fingerprint density at radius 2 is 1.96 bits per heavy atom. The summed E-state index contributed by atoms with van der Waals surface area (Å²) >= 11 is 0. The van der Waals surface area contributed by atoms with E-state index in [4.69, 9.17) is 0 Å². The second-order valence-corrected chi connectivity index (χ2v) is 4.79.